The second kappa shape index (κ2) is 7.07. The van der Waals surface area contributed by atoms with Gasteiger partial charge >= 0.3 is 0 Å². The lowest BCUT2D eigenvalue weighted by Gasteiger charge is -2.35. The second-order valence-corrected chi connectivity index (χ2v) is 6.48. The monoisotopic (exact) mass is 297 g/mol. The quantitative estimate of drug-likeness (QED) is 0.864. The highest BCUT2D eigenvalue weighted by molar-refractivity contribution is 5.76. The first kappa shape index (κ1) is 15.3. The zero-order valence-electron chi connectivity index (χ0n) is 12.8. The van der Waals surface area contributed by atoms with Gasteiger partial charge in [-0.2, -0.15) is 0 Å². The summed E-state index contributed by atoms with van der Waals surface area (Å²) in [5, 5.41) is 3.16. The zero-order valence-corrected chi connectivity index (χ0v) is 12.8. The van der Waals surface area contributed by atoms with Gasteiger partial charge in [-0.05, 0) is 38.5 Å². The third kappa shape index (κ3) is 4.18. The van der Waals surface area contributed by atoms with Crippen LogP contribution in [0.3, 0.4) is 0 Å². The lowest BCUT2D eigenvalue weighted by molar-refractivity contribution is -0.180. The Hall–Kier alpha value is -0.650. The van der Waals surface area contributed by atoms with Crippen LogP contribution in [0.15, 0.2) is 0 Å². The van der Waals surface area contributed by atoms with Gasteiger partial charge in [-0.3, -0.25) is 4.79 Å². The van der Waals surface area contributed by atoms with Gasteiger partial charge in [0.2, 0.25) is 5.91 Å². The molecule has 1 N–H and O–H groups in total. The van der Waals surface area contributed by atoms with Crippen LogP contribution in [-0.4, -0.2) is 43.7 Å². The van der Waals surface area contributed by atoms with Crippen LogP contribution >= 0.6 is 0 Å². The van der Waals surface area contributed by atoms with Crippen molar-refractivity contribution in [2.75, 3.05) is 19.8 Å². The third-order valence-electron chi connectivity index (χ3n) is 4.89. The minimum atomic E-state index is -0.336. The molecule has 1 unspecified atom stereocenters. The SMILES string of the molecule is O=C(CCC1CCCCO1)NC1CCC2(CC1)OCCO2. The summed E-state index contributed by atoms with van der Waals surface area (Å²) in [5.74, 6) is -0.171. The maximum Gasteiger partial charge on any atom is 0.220 e. The van der Waals surface area contributed by atoms with E-state index in [1.54, 1.807) is 0 Å². The number of hydrogen-bond acceptors (Lipinski definition) is 4. The van der Waals surface area contributed by atoms with E-state index in [9.17, 15) is 4.79 Å². The van der Waals surface area contributed by atoms with Crippen molar-refractivity contribution in [2.45, 2.75) is 75.7 Å². The Morgan fingerprint density at radius 3 is 2.48 bits per heavy atom. The molecule has 5 nitrogen and oxygen atoms in total. The van der Waals surface area contributed by atoms with Crippen molar-refractivity contribution in [1.29, 1.82) is 0 Å². The molecule has 0 aromatic heterocycles. The third-order valence-corrected chi connectivity index (χ3v) is 4.89. The van der Waals surface area contributed by atoms with E-state index in [2.05, 4.69) is 5.32 Å². The average Bonchev–Trinajstić information content (AvgIpc) is 2.97. The van der Waals surface area contributed by atoms with Gasteiger partial charge in [-0.25, -0.2) is 0 Å². The molecule has 0 aromatic carbocycles. The first-order valence-electron chi connectivity index (χ1n) is 8.45. The highest BCUT2D eigenvalue weighted by Gasteiger charge is 2.40. The summed E-state index contributed by atoms with van der Waals surface area (Å²) in [5.41, 5.74) is 0. The van der Waals surface area contributed by atoms with Crippen LogP contribution in [0, 0.1) is 0 Å². The van der Waals surface area contributed by atoms with Crippen molar-refractivity contribution < 1.29 is 19.0 Å². The van der Waals surface area contributed by atoms with E-state index in [1.165, 1.54) is 6.42 Å². The first-order valence-corrected chi connectivity index (χ1v) is 8.45. The van der Waals surface area contributed by atoms with Crippen molar-refractivity contribution in [3.63, 3.8) is 0 Å². The largest absolute Gasteiger partial charge is 0.378 e. The highest BCUT2D eigenvalue weighted by Crippen LogP contribution is 2.35. The Morgan fingerprint density at radius 2 is 1.81 bits per heavy atom. The number of rotatable bonds is 4. The summed E-state index contributed by atoms with van der Waals surface area (Å²) in [4.78, 5) is 12.0. The van der Waals surface area contributed by atoms with Crippen LogP contribution in [-0.2, 0) is 19.0 Å². The summed E-state index contributed by atoms with van der Waals surface area (Å²) in [6.07, 6.45) is 8.92. The van der Waals surface area contributed by atoms with E-state index >= 15 is 0 Å². The Bertz CT molecular complexity index is 338. The molecule has 3 fully saturated rings. The van der Waals surface area contributed by atoms with Gasteiger partial charge < -0.3 is 19.5 Å². The molecule has 0 radical (unpaired) electrons. The molecule has 120 valence electrons. The van der Waals surface area contributed by atoms with E-state index in [4.69, 9.17) is 14.2 Å². The molecule has 1 aliphatic carbocycles. The van der Waals surface area contributed by atoms with Crippen LogP contribution < -0.4 is 5.32 Å². The number of nitrogens with one attached hydrogen (secondary N) is 1. The molecule has 0 aromatic rings. The molecule has 1 spiro atoms. The van der Waals surface area contributed by atoms with Crippen molar-refractivity contribution in [1.82, 2.24) is 5.32 Å². The van der Waals surface area contributed by atoms with Crippen LogP contribution in [0.4, 0.5) is 0 Å². The molecular weight excluding hydrogens is 270 g/mol. The summed E-state index contributed by atoms with van der Waals surface area (Å²) < 4.78 is 17.1. The summed E-state index contributed by atoms with van der Waals surface area (Å²) in [7, 11) is 0. The predicted octanol–water partition coefficient (Wildman–Crippen LogP) is 2.14. The minimum absolute atomic E-state index is 0.165. The lowest BCUT2D eigenvalue weighted by atomic mass is 9.90. The van der Waals surface area contributed by atoms with Gasteiger partial charge in [0.1, 0.15) is 0 Å². The van der Waals surface area contributed by atoms with Gasteiger partial charge in [-0.1, -0.05) is 0 Å². The number of ether oxygens (including phenoxy) is 3. The number of amides is 1. The molecule has 5 heteroatoms. The van der Waals surface area contributed by atoms with Gasteiger partial charge in [0.25, 0.3) is 0 Å². The fraction of sp³-hybridized carbons (Fsp3) is 0.938. The van der Waals surface area contributed by atoms with Crippen molar-refractivity contribution >= 4 is 5.91 Å². The molecule has 3 rings (SSSR count). The molecule has 1 amide bonds. The fourth-order valence-corrected chi connectivity index (χ4v) is 3.61. The van der Waals surface area contributed by atoms with Crippen LogP contribution in [0.2, 0.25) is 0 Å². The van der Waals surface area contributed by atoms with Crippen molar-refractivity contribution in [3.05, 3.63) is 0 Å². The summed E-state index contributed by atoms with van der Waals surface area (Å²) >= 11 is 0. The second-order valence-electron chi connectivity index (χ2n) is 6.48. The molecule has 2 saturated heterocycles. The summed E-state index contributed by atoms with van der Waals surface area (Å²) in [6.45, 7) is 2.27. The predicted molar refractivity (Wildman–Crippen MR) is 77.9 cm³/mol. The molecule has 2 heterocycles. The molecule has 1 atom stereocenters. The topological polar surface area (TPSA) is 56.8 Å². The fourth-order valence-electron chi connectivity index (χ4n) is 3.61. The molecule has 21 heavy (non-hydrogen) atoms. The molecule has 2 aliphatic heterocycles. The van der Waals surface area contributed by atoms with E-state index in [1.807, 2.05) is 0 Å². The average molecular weight is 297 g/mol. The molecule has 3 aliphatic rings. The molecular formula is C16H27NO4. The Kier molecular flexibility index (Phi) is 5.14. The Morgan fingerprint density at radius 1 is 1.05 bits per heavy atom. The maximum absolute atomic E-state index is 12.0. The van der Waals surface area contributed by atoms with Gasteiger partial charge in [0.15, 0.2) is 5.79 Å². The Balaban J connectivity index is 1.33. The van der Waals surface area contributed by atoms with E-state index in [-0.39, 0.29) is 17.7 Å². The normalized spacial score (nSPS) is 29.6. The number of carbonyl (C=O) groups is 1. The zero-order chi connectivity index (χ0) is 14.5. The minimum Gasteiger partial charge on any atom is -0.378 e. The van der Waals surface area contributed by atoms with Gasteiger partial charge in [-0.15, -0.1) is 0 Å². The maximum atomic E-state index is 12.0. The molecule has 1 saturated carbocycles. The van der Waals surface area contributed by atoms with Crippen molar-refractivity contribution in [2.24, 2.45) is 0 Å². The number of carbonyl (C=O) groups excluding carboxylic acids is 1. The first-order chi connectivity index (χ1) is 10.3. The van der Waals surface area contributed by atoms with Crippen LogP contribution in [0.25, 0.3) is 0 Å². The van der Waals surface area contributed by atoms with Gasteiger partial charge in [0.05, 0.1) is 19.3 Å². The highest BCUT2D eigenvalue weighted by atomic mass is 16.7. The lowest BCUT2D eigenvalue weighted by Crippen LogP contribution is -2.44. The Labute approximate surface area is 126 Å². The van der Waals surface area contributed by atoms with Crippen molar-refractivity contribution in [3.8, 4) is 0 Å². The van der Waals surface area contributed by atoms with E-state index in [0.717, 1.165) is 51.6 Å². The number of hydrogen-bond donors (Lipinski definition) is 1. The molecule has 0 bridgehead atoms. The van der Waals surface area contributed by atoms with Crippen LogP contribution in [0.5, 0.6) is 0 Å². The van der Waals surface area contributed by atoms with E-state index < -0.39 is 0 Å². The standard InChI is InChI=1S/C16H27NO4/c18-15(5-4-14-3-1-2-10-19-14)17-13-6-8-16(9-7-13)20-11-12-21-16/h13-14H,1-12H2,(H,17,18). The smallest absolute Gasteiger partial charge is 0.220 e. The van der Waals surface area contributed by atoms with Gasteiger partial charge in [0, 0.05) is 31.9 Å². The summed E-state index contributed by atoms with van der Waals surface area (Å²) in [6, 6.07) is 0.281. The van der Waals surface area contributed by atoms with Crippen LogP contribution in [0.1, 0.15) is 57.8 Å². The van der Waals surface area contributed by atoms with E-state index in [0.29, 0.717) is 25.7 Å².